The van der Waals surface area contributed by atoms with Crippen molar-refractivity contribution in [1.82, 2.24) is 0 Å². The fraction of sp³-hybridized carbons (Fsp3) is 0.375. The molecule has 1 saturated heterocycles. The van der Waals surface area contributed by atoms with Gasteiger partial charge in [0, 0.05) is 19.8 Å². The van der Waals surface area contributed by atoms with E-state index in [-0.39, 0.29) is 22.0 Å². The van der Waals surface area contributed by atoms with Gasteiger partial charge in [0.05, 0.1) is 17.4 Å². The number of carbonyl (C=O) groups excluding carboxylic acids is 3. The van der Waals surface area contributed by atoms with Gasteiger partial charge in [-0.2, -0.15) is 8.42 Å². The van der Waals surface area contributed by atoms with Gasteiger partial charge in [-0.3, -0.25) is 8.98 Å². The first kappa shape index (κ1) is 27.8. The summed E-state index contributed by atoms with van der Waals surface area (Å²) in [7, 11) is -2.87. The Bertz CT molecular complexity index is 1150. The minimum atomic E-state index is -4.14. The molecular formula is C24H26O10S2. The number of methoxy groups -OCH3 is 1. The highest BCUT2D eigenvalue weighted by atomic mass is 32.2. The molecule has 5 atom stereocenters. The van der Waals surface area contributed by atoms with Gasteiger partial charge in [0.1, 0.15) is 6.10 Å². The van der Waals surface area contributed by atoms with Gasteiger partial charge in [0.25, 0.3) is 10.1 Å². The second kappa shape index (κ2) is 12.5. The summed E-state index contributed by atoms with van der Waals surface area (Å²) >= 11 is 0.885. The normalized spacial score (nSPS) is 24.0. The van der Waals surface area contributed by atoms with Crippen LogP contribution in [0.15, 0.2) is 60.7 Å². The second-order valence-electron chi connectivity index (χ2n) is 7.82. The van der Waals surface area contributed by atoms with Crippen LogP contribution in [0.4, 0.5) is 0 Å². The van der Waals surface area contributed by atoms with Crippen LogP contribution in [-0.4, -0.2) is 75.3 Å². The monoisotopic (exact) mass is 538 g/mol. The summed E-state index contributed by atoms with van der Waals surface area (Å²) < 4.78 is 52.3. The molecule has 0 spiro atoms. The zero-order chi connectivity index (χ0) is 26.3. The minimum absolute atomic E-state index is 0.00902. The number of rotatable bonds is 9. The van der Waals surface area contributed by atoms with Gasteiger partial charge in [-0.15, -0.1) is 0 Å². The Hall–Kier alpha value is -2.77. The first-order valence-corrected chi connectivity index (χ1v) is 13.6. The molecule has 3 rings (SSSR count). The van der Waals surface area contributed by atoms with Crippen molar-refractivity contribution in [3.8, 4) is 0 Å². The Labute approximate surface area is 213 Å². The molecule has 0 bridgehead atoms. The molecule has 0 unspecified atom stereocenters. The molecule has 0 N–H and O–H groups in total. The van der Waals surface area contributed by atoms with Crippen molar-refractivity contribution in [1.29, 1.82) is 0 Å². The van der Waals surface area contributed by atoms with E-state index in [0.29, 0.717) is 0 Å². The summed E-state index contributed by atoms with van der Waals surface area (Å²) in [6.07, 6.45) is -5.85. The lowest BCUT2D eigenvalue weighted by Crippen LogP contribution is -2.62. The first-order chi connectivity index (χ1) is 17.1. The number of hydrogen-bond acceptors (Lipinski definition) is 11. The van der Waals surface area contributed by atoms with Gasteiger partial charge in [-0.05, 0) is 24.3 Å². The minimum Gasteiger partial charge on any atom is -0.453 e. The molecule has 0 radical (unpaired) electrons. The Morgan fingerprint density at radius 3 is 1.81 bits per heavy atom. The van der Waals surface area contributed by atoms with Crippen LogP contribution in [-0.2, 0) is 38.0 Å². The molecule has 1 heterocycles. The third kappa shape index (κ3) is 7.61. The van der Waals surface area contributed by atoms with E-state index in [9.17, 15) is 22.8 Å². The Morgan fingerprint density at radius 2 is 1.36 bits per heavy atom. The highest BCUT2D eigenvalue weighted by molar-refractivity contribution is 8.13. The highest BCUT2D eigenvalue weighted by Gasteiger charge is 2.52. The van der Waals surface area contributed by atoms with Crippen molar-refractivity contribution in [2.24, 2.45) is 0 Å². The van der Waals surface area contributed by atoms with Crippen molar-refractivity contribution in [3.05, 3.63) is 71.8 Å². The Morgan fingerprint density at radius 1 is 0.861 bits per heavy atom. The molecule has 1 aliphatic heterocycles. The molecule has 36 heavy (non-hydrogen) atoms. The lowest BCUT2D eigenvalue weighted by Gasteiger charge is -2.43. The Balaban J connectivity index is 1.99. The van der Waals surface area contributed by atoms with Gasteiger partial charge in [0.15, 0.2) is 29.7 Å². The maximum atomic E-state index is 12.9. The van der Waals surface area contributed by atoms with Crippen molar-refractivity contribution >= 4 is 38.9 Å². The maximum Gasteiger partial charge on any atom is 0.338 e. The smallest absolute Gasteiger partial charge is 0.338 e. The predicted molar refractivity (Wildman–Crippen MR) is 130 cm³/mol. The van der Waals surface area contributed by atoms with E-state index in [0.717, 1.165) is 18.0 Å². The molecule has 10 nitrogen and oxygen atoms in total. The average Bonchev–Trinajstić information content (AvgIpc) is 2.85. The van der Waals surface area contributed by atoms with E-state index in [1.54, 1.807) is 36.4 Å². The predicted octanol–water partition coefficient (Wildman–Crippen LogP) is 2.43. The van der Waals surface area contributed by atoms with E-state index in [1.165, 1.54) is 38.3 Å². The summed E-state index contributed by atoms with van der Waals surface area (Å²) in [6, 6.07) is 16.0. The van der Waals surface area contributed by atoms with Crippen molar-refractivity contribution in [2.75, 3.05) is 19.1 Å². The van der Waals surface area contributed by atoms with Crippen molar-refractivity contribution < 1.29 is 45.9 Å². The molecule has 194 valence electrons. The number of ether oxygens (including phenoxy) is 4. The van der Waals surface area contributed by atoms with Gasteiger partial charge >= 0.3 is 11.9 Å². The van der Waals surface area contributed by atoms with Gasteiger partial charge in [-0.1, -0.05) is 48.2 Å². The molecule has 1 aliphatic rings. The summed E-state index contributed by atoms with van der Waals surface area (Å²) in [5.41, 5.74) is 0.387. The van der Waals surface area contributed by atoms with Crippen LogP contribution in [0.5, 0.6) is 0 Å². The number of esters is 2. The molecular weight excluding hydrogens is 512 g/mol. The SMILES string of the molecule is CO[C@H]1O[C@H](CSC(C)=O)[C@H](OC(=O)c2ccccc2)[C@H](OS(C)(=O)=O)[C@H]1OC(=O)c1ccccc1. The lowest BCUT2D eigenvalue weighted by molar-refractivity contribution is -0.278. The summed E-state index contributed by atoms with van der Waals surface area (Å²) in [6.45, 7) is 1.35. The fourth-order valence-electron chi connectivity index (χ4n) is 3.51. The molecule has 0 aliphatic carbocycles. The standard InChI is InChI=1S/C24H26O10S2/c1-15(25)35-14-18-19(32-22(26)16-10-6-4-7-11-16)20(34-36(3,28)29)21(24(30-2)31-18)33-23(27)17-12-8-5-9-13-17/h4-13,18-21,24H,14H2,1-3H3/t18-,19+,20+,21-,24+/m1/s1. The van der Waals surface area contributed by atoms with Crippen molar-refractivity contribution in [2.45, 2.75) is 37.6 Å². The third-order valence-corrected chi connectivity index (χ3v) is 6.54. The van der Waals surface area contributed by atoms with E-state index in [1.807, 2.05) is 0 Å². The molecule has 1 fully saturated rings. The van der Waals surface area contributed by atoms with Crippen LogP contribution in [0, 0.1) is 0 Å². The van der Waals surface area contributed by atoms with Crippen LogP contribution in [0.2, 0.25) is 0 Å². The molecule has 0 aromatic heterocycles. The summed E-state index contributed by atoms with van der Waals surface area (Å²) in [4.78, 5) is 37.4. The van der Waals surface area contributed by atoms with E-state index < -0.39 is 52.8 Å². The van der Waals surface area contributed by atoms with Crippen LogP contribution in [0.1, 0.15) is 27.6 Å². The molecule has 2 aromatic rings. The van der Waals surface area contributed by atoms with Gasteiger partial charge in [-0.25, -0.2) is 9.59 Å². The number of hydrogen-bond donors (Lipinski definition) is 0. The third-order valence-electron chi connectivity index (χ3n) is 5.07. The van der Waals surface area contributed by atoms with Gasteiger partial charge in [0.2, 0.25) is 0 Å². The average molecular weight is 539 g/mol. The quantitative estimate of drug-likeness (QED) is 0.344. The zero-order valence-corrected chi connectivity index (χ0v) is 21.4. The van der Waals surface area contributed by atoms with Crippen LogP contribution >= 0.6 is 11.8 Å². The number of benzene rings is 2. The molecule has 12 heteroatoms. The summed E-state index contributed by atoms with van der Waals surface area (Å²) in [5.74, 6) is -1.59. The molecule has 0 saturated carbocycles. The van der Waals surface area contributed by atoms with E-state index in [2.05, 4.69) is 0 Å². The van der Waals surface area contributed by atoms with Crippen molar-refractivity contribution in [3.63, 3.8) is 0 Å². The van der Waals surface area contributed by atoms with E-state index >= 15 is 0 Å². The second-order valence-corrected chi connectivity index (χ2v) is 10.6. The molecule has 0 amide bonds. The lowest BCUT2D eigenvalue weighted by atomic mass is 9.99. The van der Waals surface area contributed by atoms with Gasteiger partial charge < -0.3 is 18.9 Å². The zero-order valence-electron chi connectivity index (χ0n) is 19.8. The fourth-order valence-corrected chi connectivity index (χ4v) is 4.80. The molecule has 2 aromatic carbocycles. The van der Waals surface area contributed by atoms with E-state index in [4.69, 9.17) is 23.1 Å². The Kier molecular flexibility index (Phi) is 9.63. The maximum absolute atomic E-state index is 12.9. The highest BCUT2D eigenvalue weighted by Crippen LogP contribution is 2.32. The van der Waals surface area contributed by atoms with Crippen LogP contribution in [0.3, 0.4) is 0 Å². The summed E-state index contributed by atoms with van der Waals surface area (Å²) in [5, 5.41) is -0.237. The number of thioether (sulfide) groups is 1. The number of carbonyl (C=O) groups is 3. The topological polar surface area (TPSA) is 132 Å². The first-order valence-electron chi connectivity index (χ1n) is 10.8. The van der Waals surface area contributed by atoms with Crippen LogP contribution in [0.25, 0.3) is 0 Å². The van der Waals surface area contributed by atoms with Crippen LogP contribution < -0.4 is 0 Å². The largest absolute Gasteiger partial charge is 0.453 e.